The van der Waals surface area contributed by atoms with Gasteiger partial charge in [0.25, 0.3) is 5.56 Å². The SMILES string of the molecule is CNc1nc(N[C@@H](C)c2cc3cccc(-c4cnc(C)s4)c3c(=O)n2-c2ccccc2)c2ncccc2n1. The smallest absolute Gasteiger partial charge is 0.263 e. The highest BCUT2D eigenvalue weighted by atomic mass is 32.1. The first-order valence-corrected chi connectivity index (χ1v) is 13.1. The van der Waals surface area contributed by atoms with Gasteiger partial charge >= 0.3 is 0 Å². The van der Waals surface area contributed by atoms with Gasteiger partial charge in [-0.2, -0.15) is 4.98 Å². The molecule has 0 spiro atoms. The molecular formula is C29H25N7OS. The van der Waals surface area contributed by atoms with Gasteiger partial charge in [-0.05, 0) is 49.6 Å². The van der Waals surface area contributed by atoms with E-state index in [9.17, 15) is 4.79 Å². The summed E-state index contributed by atoms with van der Waals surface area (Å²) in [4.78, 5) is 33.3. The van der Waals surface area contributed by atoms with E-state index in [0.717, 1.165) is 37.7 Å². The van der Waals surface area contributed by atoms with Crippen molar-refractivity contribution in [2.24, 2.45) is 0 Å². The average Bonchev–Trinajstić information content (AvgIpc) is 3.39. The number of hydrogen-bond acceptors (Lipinski definition) is 8. The number of thiazole rings is 1. The lowest BCUT2D eigenvalue weighted by molar-refractivity contribution is 0.774. The number of benzene rings is 2. The zero-order valence-corrected chi connectivity index (χ0v) is 22.0. The number of pyridine rings is 2. The first kappa shape index (κ1) is 23.7. The van der Waals surface area contributed by atoms with Gasteiger partial charge in [0.05, 0.1) is 26.8 Å². The predicted molar refractivity (Wildman–Crippen MR) is 154 cm³/mol. The third-order valence-corrected chi connectivity index (χ3v) is 7.40. The molecule has 8 nitrogen and oxygen atoms in total. The van der Waals surface area contributed by atoms with Crippen molar-refractivity contribution >= 4 is 44.9 Å². The molecule has 0 amide bonds. The number of nitrogens with one attached hydrogen (secondary N) is 2. The van der Waals surface area contributed by atoms with Gasteiger partial charge in [-0.25, -0.2) is 9.97 Å². The van der Waals surface area contributed by atoms with Gasteiger partial charge in [0.1, 0.15) is 5.52 Å². The summed E-state index contributed by atoms with van der Waals surface area (Å²) in [5.41, 5.74) is 3.79. The van der Waals surface area contributed by atoms with Gasteiger partial charge in [0, 0.05) is 36.4 Å². The molecule has 0 saturated carbocycles. The van der Waals surface area contributed by atoms with Crippen molar-refractivity contribution in [1.82, 2.24) is 24.5 Å². The molecule has 0 aliphatic carbocycles. The second kappa shape index (κ2) is 9.68. The molecule has 0 saturated heterocycles. The molecular weight excluding hydrogens is 494 g/mol. The Morgan fingerprint density at radius 1 is 0.974 bits per heavy atom. The zero-order chi connectivity index (χ0) is 26.2. The lowest BCUT2D eigenvalue weighted by Crippen LogP contribution is -2.26. The van der Waals surface area contributed by atoms with Crippen molar-refractivity contribution in [3.8, 4) is 16.1 Å². The topological polar surface area (TPSA) is 97.6 Å². The monoisotopic (exact) mass is 519 g/mol. The number of aromatic nitrogens is 5. The number of hydrogen-bond donors (Lipinski definition) is 2. The number of rotatable bonds is 6. The van der Waals surface area contributed by atoms with Gasteiger partial charge in [-0.15, -0.1) is 11.3 Å². The molecule has 0 fully saturated rings. The van der Waals surface area contributed by atoms with E-state index >= 15 is 0 Å². The molecule has 4 heterocycles. The molecule has 0 aliphatic heterocycles. The Morgan fingerprint density at radius 2 is 1.82 bits per heavy atom. The molecule has 0 unspecified atom stereocenters. The van der Waals surface area contributed by atoms with Gasteiger partial charge < -0.3 is 10.6 Å². The van der Waals surface area contributed by atoms with Crippen LogP contribution in [0.15, 0.2) is 83.9 Å². The Kier molecular flexibility index (Phi) is 6.05. The molecule has 6 rings (SSSR count). The molecule has 0 aliphatic rings. The van der Waals surface area contributed by atoms with Crippen molar-refractivity contribution < 1.29 is 0 Å². The Labute approximate surface area is 223 Å². The largest absolute Gasteiger partial charge is 0.360 e. The van der Waals surface area contributed by atoms with Crippen molar-refractivity contribution in [1.29, 1.82) is 0 Å². The molecule has 188 valence electrons. The number of anilines is 2. The standard InChI is InChI=1S/C29H25N7OS/c1-17(33-27-26-22(13-8-14-31-26)34-29(30-3)35-27)23-15-19-9-7-12-21(24-16-32-18(2)38-24)25(19)28(37)36(23)20-10-5-4-6-11-20/h4-17H,1-3H3,(H2,30,33,34,35)/t17-/m0/s1. The molecule has 6 aromatic rings. The van der Waals surface area contributed by atoms with Crippen LogP contribution in [0.3, 0.4) is 0 Å². The van der Waals surface area contributed by atoms with E-state index in [1.807, 2.05) is 80.7 Å². The number of para-hydroxylation sites is 1. The van der Waals surface area contributed by atoms with Crippen LogP contribution < -0.4 is 16.2 Å². The zero-order valence-electron chi connectivity index (χ0n) is 21.1. The van der Waals surface area contributed by atoms with Crippen LogP contribution >= 0.6 is 11.3 Å². The number of nitrogens with zero attached hydrogens (tertiary/aromatic N) is 5. The highest BCUT2D eigenvalue weighted by Crippen LogP contribution is 2.33. The lowest BCUT2D eigenvalue weighted by Gasteiger charge is -2.22. The highest BCUT2D eigenvalue weighted by Gasteiger charge is 2.20. The maximum atomic E-state index is 14.3. The fraction of sp³-hybridized carbons (Fsp3) is 0.138. The molecule has 0 radical (unpaired) electrons. The minimum absolute atomic E-state index is 0.0828. The van der Waals surface area contributed by atoms with Crippen LogP contribution in [0.4, 0.5) is 11.8 Å². The fourth-order valence-electron chi connectivity index (χ4n) is 4.69. The van der Waals surface area contributed by atoms with Crippen molar-refractivity contribution in [2.75, 3.05) is 17.7 Å². The second-order valence-electron chi connectivity index (χ2n) is 8.94. The van der Waals surface area contributed by atoms with Crippen molar-refractivity contribution in [2.45, 2.75) is 19.9 Å². The molecule has 0 bridgehead atoms. The quantitative estimate of drug-likeness (QED) is 0.280. The van der Waals surface area contributed by atoms with E-state index in [1.54, 1.807) is 29.1 Å². The van der Waals surface area contributed by atoms with Gasteiger partial charge in [0.2, 0.25) is 5.95 Å². The van der Waals surface area contributed by atoms with Crippen molar-refractivity contribution in [3.63, 3.8) is 0 Å². The Hall–Kier alpha value is -4.63. The molecule has 2 aromatic carbocycles. The Balaban J connectivity index is 1.56. The van der Waals surface area contributed by atoms with E-state index in [2.05, 4.69) is 36.6 Å². The Bertz CT molecular complexity index is 1850. The molecule has 1 atom stereocenters. The van der Waals surface area contributed by atoms with Crippen LogP contribution in [0.5, 0.6) is 0 Å². The highest BCUT2D eigenvalue weighted by molar-refractivity contribution is 7.15. The minimum Gasteiger partial charge on any atom is -0.360 e. The van der Waals surface area contributed by atoms with Crippen LogP contribution in [0.2, 0.25) is 0 Å². The van der Waals surface area contributed by atoms with Gasteiger partial charge in [-0.3, -0.25) is 14.3 Å². The number of fused-ring (bicyclic) bond motifs is 2. The molecule has 9 heteroatoms. The van der Waals surface area contributed by atoms with E-state index in [4.69, 9.17) is 0 Å². The van der Waals surface area contributed by atoms with E-state index in [1.165, 1.54) is 0 Å². The summed E-state index contributed by atoms with van der Waals surface area (Å²) in [5, 5.41) is 9.02. The average molecular weight is 520 g/mol. The van der Waals surface area contributed by atoms with Gasteiger partial charge in [-0.1, -0.05) is 36.4 Å². The summed E-state index contributed by atoms with van der Waals surface area (Å²) in [6.45, 7) is 3.99. The summed E-state index contributed by atoms with van der Waals surface area (Å²) in [6.07, 6.45) is 3.56. The van der Waals surface area contributed by atoms with Crippen molar-refractivity contribution in [3.05, 3.63) is 100 Å². The maximum absolute atomic E-state index is 14.3. The van der Waals surface area contributed by atoms with Crippen LogP contribution in [0, 0.1) is 6.92 Å². The summed E-state index contributed by atoms with van der Waals surface area (Å²) in [7, 11) is 1.78. The van der Waals surface area contributed by atoms with Crippen LogP contribution in [-0.2, 0) is 0 Å². The fourth-order valence-corrected chi connectivity index (χ4v) is 5.50. The van der Waals surface area contributed by atoms with Gasteiger partial charge in [0.15, 0.2) is 5.82 Å². The normalized spacial score (nSPS) is 12.1. The minimum atomic E-state index is -0.286. The third-order valence-electron chi connectivity index (χ3n) is 6.45. The predicted octanol–water partition coefficient (Wildman–Crippen LogP) is 5.98. The number of aryl methyl sites for hydroxylation is 1. The summed E-state index contributed by atoms with van der Waals surface area (Å²) >= 11 is 1.58. The molecule has 38 heavy (non-hydrogen) atoms. The summed E-state index contributed by atoms with van der Waals surface area (Å²) in [6, 6.07) is 21.2. The maximum Gasteiger partial charge on any atom is 0.263 e. The lowest BCUT2D eigenvalue weighted by atomic mass is 10.0. The van der Waals surface area contributed by atoms with Crippen LogP contribution in [0.25, 0.3) is 37.9 Å². The third kappa shape index (κ3) is 4.16. The molecule has 4 aromatic heterocycles. The Morgan fingerprint density at radius 3 is 2.58 bits per heavy atom. The summed E-state index contributed by atoms with van der Waals surface area (Å²) < 4.78 is 1.78. The molecule has 2 N–H and O–H groups in total. The van der Waals surface area contributed by atoms with Crippen LogP contribution in [-0.4, -0.2) is 31.6 Å². The second-order valence-corrected chi connectivity index (χ2v) is 10.2. The van der Waals surface area contributed by atoms with E-state index in [0.29, 0.717) is 22.7 Å². The summed E-state index contributed by atoms with van der Waals surface area (Å²) in [5.74, 6) is 1.08. The first-order chi connectivity index (χ1) is 18.5. The van der Waals surface area contributed by atoms with Crippen LogP contribution in [0.1, 0.15) is 23.7 Å². The van der Waals surface area contributed by atoms with E-state index in [-0.39, 0.29) is 11.6 Å². The van der Waals surface area contributed by atoms with E-state index < -0.39 is 0 Å². The first-order valence-electron chi connectivity index (χ1n) is 12.3.